The molecule has 1 fully saturated rings. The van der Waals surface area contributed by atoms with Crippen LogP contribution in [0.1, 0.15) is 48.2 Å². The van der Waals surface area contributed by atoms with Crippen LogP contribution in [-0.2, 0) is 23.0 Å². The summed E-state index contributed by atoms with van der Waals surface area (Å²) < 4.78 is 38.4. The van der Waals surface area contributed by atoms with Crippen molar-refractivity contribution in [3.05, 3.63) is 53.1 Å². The highest BCUT2D eigenvalue weighted by molar-refractivity contribution is 7.89. The van der Waals surface area contributed by atoms with Crippen LogP contribution in [0.5, 0.6) is 11.5 Å². The molecule has 2 aliphatic heterocycles. The zero-order valence-corrected chi connectivity index (χ0v) is 18.7. The summed E-state index contributed by atoms with van der Waals surface area (Å²) >= 11 is 0. The highest BCUT2D eigenvalue weighted by Crippen LogP contribution is 2.35. The lowest BCUT2D eigenvalue weighted by atomic mass is 10.1. The van der Waals surface area contributed by atoms with Gasteiger partial charge in [-0.2, -0.15) is 4.31 Å². The Morgan fingerprint density at radius 2 is 1.90 bits per heavy atom. The molecule has 8 heteroatoms. The summed E-state index contributed by atoms with van der Waals surface area (Å²) in [4.78, 5) is 12.9. The van der Waals surface area contributed by atoms with Gasteiger partial charge >= 0.3 is 0 Å². The summed E-state index contributed by atoms with van der Waals surface area (Å²) in [7, 11) is -3.49. The third kappa shape index (κ3) is 4.55. The predicted octanol–water partition coefficient (Wildman–Crippen LogP) is 3.12. The van der Waals surface area contributed by atoms with E-state index in [4.69, 9.17) is 9.47 Å². The van der Waals surface area contributed by atoms with Gasteiger partial charge in [0.1, 0.15) is 17.6 Å². The molecule has 0 saturated carbocycles. The SMILES string of the molecule is CCOc1cc2c(cc1CNC(=O)c1ccc(S(=O)(=O)N3CCCC3)cc1)O[C@H](C)C2. The molecule has 0 radical (unpaired) electrons. The summed E-state index contributed by atoms with van der Waals surface area (Å²) in [5, 5.41) is 2.90. The maximum atomic E-state index is 12.6. The van der Waals surface area contributed by atoms with Crippen molar-refractivity contribution < 1.29 is 22.7 Å². The Hall–Kier alpha value is -2.58. The lowest BCUT2D eigenvalue weighted by Gasteiger charge is -2.16. The Balaban J connectivity index is 1.45. The van der Waals surface area contributed by atoms with Crippen LogP contribution in [0.4, 0.5) is 0 Å². The average Bonchev–Trinajstić information content (AvgIpc) is 3.41. The van der Waals surface area contributed by atoms with Crippen LogP contribution in [0.25, 0.3) is 0 Å². The molecule has 166 valence electrons. The van der Waals surface area contributed by atoms with Gasteiger partial charge < -0.3 is 14.8 Å². The molecule has 0 spiro atoms. The molecule has 0 bridgehead atoms. The normalized spacial score (nSPS) is 18.5. The number of nitrogens with zero attached hydrogens (tertiary/aromatic N) is 1. The van der Waals surface area contributed by atoms with Crippen molar-refractivity contribution in [2.75, 3.05) is 19.7 Å². The number of carbonyl (C=O) groups excluding carboxylic acids is 1. The van der Waals surface area contributed by atoms with Gasteiger partial charge in [0.15, 0.2) is 0 Å². The summed E-state index contributed by atoms with van der Waals surface area (Å²) in [6, 6.07) is 10.0. The molecule has 0 unspecified atom stereocenters. The monoisotopic (exact) mass is 444 g/mol. The van der Waals surface area contributed by atoms with Crippen LogP contribution in [0.3, 0.4) is 0 Å². The Kier molecular flexibility index (Phi) is 6.20. The minimum absolute atomic E-state index is 0.129. The first-order chi connectivity index (χ1) is 14.9. The summed E-state index contributed by atoms with van der Waals surface area (Å²) in [6.07, 6.45) is 2.74. The molecule has 31 heavy (non-hydrogen) atoms. The zero-order valence-electron chi connectivity index (χ0n) is 17.9. The van der Waals surface area contributed by atoms with E-state index in [0.29, 0.717) is 25.3 Å². The number of fused-ring (bicyclic) bond motifs is 1. The number of sulfonamides is 1. The van der Waals surface area contributed by atoms with E-state index in [2.05, 4.69) is 5.32 Å². The van der Waals surface area contributed by atoms with Gasteiger partial charge in [-0.25, -0.2) is 8.42 Å². The van der Waals surface area contributed by atoms with Gasteiger partial charge in [0.2, 0.25) is 10.0 Å². The zero-order chi connectivity index (χ0) is 22.0. The molecule has 2 heterocycles. The Morgan fingerprint density at radius 3 is 2.58 bits per heavy atom. The van der Waals surface area contributed by atoms with Gasteiger partial charge in [-0.1, -0.05) is 0 Å². The number of ether oxygens (including phenoxy) is 2. The minimum atomic E-state index is -3.49. The maximum Gasteiger partial charge on any atom is 0.251 e. The van der Waals surface area contributed by atoms with E-state index in [-0.39, 0.29) is 23.5 Å². The number of benzene rings is 2. The van der Waals surface area contributed by atoms with Gasteiger partial charge in [0.05, 0.1) is 11.5 Å². The smallest absolute Gasteiger partial charge is 0.251 e. The first-order valence-corrected chi connectivity index (χ1v) is 12.2. The van der Waals surface area contributed by atoms with Crippen molar-refractivity contribution in [2.45, 2.75) is 50.7 Å². The lowest BCUT2D eigenvalue weighted by Crippen LogP contribution is -2.28. The second-order valence-corrected chi connectivity index (χ2v) is 9.89. The molecule has 0 aromatic heterocycles. The third-order valence-electron chi connectivity index (χ3n) is 5.64. The van der Waals surface area contributed by atoms with Crippen molar-refractivity contribution >= 4 is 15.9 Å². The third-order valence-corrected chi connectivity index (χ3v) is 7.55. The van der Waals surface area contributed by atoms with Gasteiger partial charge in [-0.3, -0.25) is 4.79 Å². The van der Waals surface area contributed by atoms with Crippen LogP contribution in [0, 0.1) is 0 Å². The first kappa shape index (κ1) is 21.6. The van der Waals surface area contributed by atoms with Crippen LogP contribution >= 0.6 is 0 Å². The van der Waals surface area contributed by atoms with Crippen molar-refractivity contribution in [3.63, 3.8) is 0 Å². The summed E-state index contributed by atoms with van der Waals surface area (Å²) in [5.74, 6) is 1.30. The molecular formula is C23H28N2O5S. The first-order valence-electron chi connectivity index (χ1n) is 10.7. The second kappa shape index (κ2) is 8.88. The molecule has 1 atom stereocenters. The van der Waals surface area contributed by atoms with Gasteiger partial charge in [-0.05, 0) is 63.1 Å². The topological polar surface area (TPSA) is 84.9 Å². The number of amides is 1. The lowest BCUT2D eigenvalue weighted by molar-refractivity contribution is 0.0950. The van der Waals surface area contributed by atoms with Crippen LogP contribution in [-0.4, -0.2) is 44.4 Å². The van der Waals surface area contributed by atoms with Gasteiger partial charge in [-0.15, -0.1) is 0 Å². The van der Waals surface area contributed by atoms with Crippen molar-refractivity contribution in [1.29, 1.82) is 0 Å². The number of rotatable bonds is 7. The van der Waals surface area contributed by atoms with E-state index in [0.717, 1.165) is 41.9 Å². The van der Waals surface area contributed by atoms with Crippen molar-refractivity contribution in [3.8, 4) is 11.5 Å². The van der Waals surface area contributed by atoms with Crippen LogP contribution in [0.2, 0.25) is 0 Å². The Morgan fingerprint density at radius 1 is 1.19 bits per heavy atom. The predicted molar refractivity (Wildman–Crippen MR) is 117 cm³/mol. The van der Waals surface area contributed by atoms with Crippen LogP contribution in [0.15, 0.2) is 41.3 Å². The van der Waals surface area contributed by atoms with E-state index in [1.165, 1.54) is 16.4 Å². The highest BCUT2D eigenvalue weighted by Gasteiger charge is 2.27. The fourth-order valence-electron chi connectivity index (χ4n) is 4.04. The van der Waals surface area contributed by atoms with Crippen molar-refractivity contribution in [1.82, 2.24) is 9.62 Å². The maximum absolute atomic E-state index is 12.6. The highest BCUT2D eigenvalue weighted by atomic mass is 32.2. The van der Waals surface area contributed by atoms with E-state index < -0.39 is 10.0 Å². The summed E-state index contributed by atoms with van der Waals surface area (Å²) in [6.45, 7) is 5.87. The Bertz CT molecular complexity index is 1060. The molecular weight excluding hydrogens is 416 g/mol. The number of nitrogens with one attached hydrogen (secondary N) is 1. The van der Waals surface area contributed by atoms with Gasteiger partial charge in [0.25, 0.3) is 5.91 Å². The molecule has 7 nitrogen and oxygen atoms in total. The minimum Gasteiger partial charge on any atom is -0.494 e. The molecule has 4 rings (SSSR count). The number of carbonyl (C=O) groups is 1. The molecule has 2 aromatic carbocycles. The molecule has 1 amide bonds. The van der Waals surface area contributed by atoms with Crippen LogP contribution < -0.4 is 14.8 Å². The van der Waals surface area contributed by atoms with E-state index in [1.807, 2.05) is 26.0 Å². The number of hydrogen-bond donors (Lipinski definition) is 1. The Labute approximate surface area is 183 Å². The average molecular weight is 445 g/mol. The molecule has 2 aliphatic rings. The molecule has 1 N–H and O–H groups in total. The fraction of sp³-hybridized carbons (Fsp3) is 0.435. The van der Waals surface area contributed by atoms with E-state index >= 15 is 0 Å². The number of hydrogen-bond acceptors (Lipinski definition) is 5. The molecule has 0 aliphatic carbocycles. The molecule has 2 aromatic rings. The largest absolute Gasteiger partial charge is 0.494 e. The van der Waals surface area contributed by atoms with Gasteiger partial charge in [0, 0.05) is 42.7 Å². The quantitative estimate of drug-likeness (QED) is 0.709. The molecule has 1 saturated heterocycles. The summed E-state index contributed by atoms with van der Waals surface area (Å²) in [5.41, 5.74) is 2.36. The van der Waals surface area contributed by atoms with Crippen molar-refractivity contribution in [2.24, 2.45) is 0 Å². The van der Waals surface area contributed by atoms with E-state index in [1.54, 1.807) is 12.1 Å². The van der Waals surface area contributed by atoms with E-state index in [9.17, 15) is 13.2 Å². The second-order valence-electron chi connectivity index (χ2n) is 7.95. The fourth-order valence-corrected chi connectivity index (χ4v) is 5.56. The standard InChI is InChI=1S/C23H28N2O5S/c1-3-29-21-13-18-12-16(2)30-22(18)14-19(21)15-24-23(26)17-6-8-20(9-7-17)31(27,28)25-10-4-5-11-25/h6-9,13-14,16H,3-5,10-12,15H2,1-2H3,(H,24,26)/t16-/m1/s1.